The normalized spacial score (nSPS) is 11.6. The van der Waals surface area contributed by atoms with Crippen LogP contribution in [0.2, 0.25) is 0 Å². The number of pyridine rings is 1. The van der Waals surface area contributed by atoms with Crippen molar-refractivity contribution in [2.75, 3.05) is 0 Å². The van der Waals surface area contributed by atoms with Gasteiger partial charge in [0.1, 0.15) is 0 Å². The van der Waals surface area contributed by atoms with Gasteiger partial charge in [0.2, 0.25) is 0 Å². The standard InChI is InChI=1S/C41H27N3.C30H28F3N4.Ir/c1-5-19-38-34(15-1)35-16-2-6-20-39(35)43(38)32-13-9-11-28(24-32)30-23-31(27-42-26-30)29-12-10-14-33(25-29)44-40-21-7-3-17-36(40)37-18-4-8-22-41(37)44;1-19(2)15-22-17-24(34-5)18-23(16-20(3)4)27(22)37-28(21-11-7-6-8-12-21)35-36-29(37)25-13-9-10-14-26(25)30(31,32)33;/h1-27H;6-11,13-14,17-20H,15-16H2,1-4H3;/q;-1;. The Bertz CT molecular complexity index is 4190. The van der Waals surface area contributed by atoms with Crippen LogP contribution in [0.3, 0.4) is 0 Å². The summed E-state index contributed by atoms with van der Waals surface area (Å²) in [4.78, 5) is 8.40. The zero-order chi connectivity index (χ0) is 55.8. The Morgan fingerprint density at radius 2 is 0.939 bits per heavy atom. The summed E-state index contributed by atoms with van der Waals surface area (Å²) in [6, 6.07) is 73.8. The average Bonchev–Trinajstić information content (AvgIpc) is 3.70. The Kier molecular flexibility index (Phi) is 15.4. The van der Waals surface area contributed by atoms with Gasteiger partial charge in [0.25, 0.3) is 0 Å². The summed E-state index contributed by atoms with van der Waals surface area (Å²) in [5.74, 6) is 1.01. The molecule has 4 heterocycles. The maximum atomic E-state index is 14.1. The first kappa shape index (κ1) is 54.7. The van der Waals surface area contributed by atoms with Crippen molar-refractivity contribution in [1.29, 1.82) is 0 Å². The minimum absolute atomic E-state index is 0. The topological polar surface area (TPSA) is 57.8 Å². The van der Waals surface area contributed by atoms with Crippen LogP contribution in [0.5, 0.6) is 0 Å². The van der Waals surface area contributed by atoms with Crippen LogP contribution in [0.1, 0.15) is 44.4 Å². The monoisotopic (exact) mass is 1260 g/mol. The number of rotatable bonds is 11. The predicted octanol–water partition coefficient (Wildman–Crippen LogP) is 19.0. The molecule has 0 atom stereocenters. The molecule has 0 saturated carbocycles. The molecule has 13 aromatic rings. The third kappa shape index (κ3) is 10.6. The number of para-hydroxylation sites is 4. The molecule has 0 unspecified atom stereocenters. The van der Waals surface area contributed by atoms with Gasteiger partial charge in [-0.25, -0.2) is 4.85 Å². The number of halogens is 3. The van der Waals surface area contributed by atoms with Crippen molar-refractivity contribution in [2.45, 2.75) is 46.7 Å². The largest absolute Gasteiger partial charge is 0.417 e. The minimum atomic E-state index is -4.57. The van der Waals surface area contributed by atoms with Gasteiger partial charge in [-0.1, -0.05) is 155 Å². The second-order valence-electron chi connectivity index (χ2n) is 21.2. The maximum absolute atomic E-state index is 14.1. The Morgan fingerprint density at radius 3 is 1.39 bits per heavy atom. The number of hydrogen-bond donors (Lipinski definition) is 0. The van der Waals surface area contributed by atoms with Gasteiger partial charge in [-0.05, 0) is 108 Å². The Hall–Kier alpha value is -9.20. The first-order valence-corrected chi connectivity index (χ1v) is 27.2. The van der Waals surface area contributed by atoms with E-state index in [1.807, 2.05) is 42.7 Å². The molecule has 11 heteroatoms. The van der Waals surface area contributed by atoms with Gasteiger partial charge < -0.3 is 13.7 Å². The van der Waals surface area contributed by atoms with Crippen LogP contribution < -0.4 is 0 Å². The molecule has 4 aromatic heterocycles. The van der Waals surface area contributed by atoms with Crippen molar-refractivity contribution < 1.29 is 33.3 Å². The SMILES string of the molecule is [C-]#[N+]c1cc(CC(C)C)c(-n2c(-c3[c-]cccc3)nnc2-c2ccccc2C(F)(F)F)c(CC(C)C)c1.[Ir].c1cc(-c2cncc(-c3cccc(-n4c5ccccc5c5ccccc54)c3)c2)cc(-n2c3ccccc3c3ccccc32)c1. The van der Waals surface area contributed by atoms with Gasteiger partial charge in [-0.3, -0.25) is 4.98 Å². The third-order valence-electron chi connectivity index (χ3n) is 14.7. The van der Waals surface area contributed by atoms with Gasteiger partial charge in [0.15, 0.2) is 11.5 Å². The summed E-state index contributed by atoms with van der Waals surface area (Å²) >= 11 is 0. The van der Waals surface area contributed by atoms with Crippen molar-refractivity contribution in [2.24, 2.45) is 11.8 Å². The fourth-order valence-corrected chi connectivity index (χ4v) is 11.4. The molecule has 13 rings (SSSR count). The fourth-order valence-electron chi connectivity index (χ4n) is 11.4. The van der Waals surface area contributed by atoms with E-state index in [1.165, 1.54) is 55.7 Å². The van der Waals surface area contributed by atoms with Gasteiger partial charge in [-0.15, -0.1) is 41.0 Å². The number of alkyl halides is 3. The quantitative estimate of drug-likeness (QED) is 0.121. The summed E-state index contributed by atoms with van der Waals surface area (Å²) in [6.45, 7) is 16.0. The van der Waals surface area contributed by atoms with E-state index in [0.717, 1.165) is 56.5 Å². The van der Waals surface area contributed by atoms with Crippen LogP contribution in [0.15, 0.2) is 225 Å². The summed E-state index contributed by atoms with van der Waals surface area (Å²) in [7, 11) is 0. The Morgan fingerprint density at radius 1 is 0.488 bits per heavy atom. The Labute approximate surface area is 488 Å². The van der Waals surface area contributed by atoms with Crippen molar-refractivity contribution in [1.82, 2.24) is 28.9 Å². The average molecular weight is 1260 g/mol. The van der Waals surface area contributed by atoms with E-state index in [-0.39, 0.29) is 43.3 Å². The van der Waals surface area contributed by atoms with E-state index in [2.05, 4.69) is 210 Å². The van der Waals surface area contributed by atoms with Crippen LogP contribution in [-0.2, 0) is 39.1 Å². The molecule has 0 amide bonds. The zero-order valence-corrected chi connectivity index (χ0v) is 47.9. The summed E-state index contributed by atoms with van der Waals surface area (Å²) in [5.41, 5.74) is 14.3. The molecule has 0 spiro atoms. The van der Waals surface area contributed by atoms with Crippen LogP contribution in [0.25, 0.3) is 111 Å². The first-order valence-electron chi connectivity index (χ1n) is 27.2. The molecule has 0 fully saturated rings. The molecule has 0 aliphatic heterocycles. The van der Waals surface area contributed by atoms with Gasteiger partial charge in [0, 0.05) is 87.8 Å². The van der Waals surface area contributed by atoms with E-state index < -0.39 is 11.7 Å². The number of fused-ring (bicyclic) bond motifs is 6. The van der Waals surface area contributed by atoms with Crippen LogP contribution >= 0.6 is 0 Å². The number of benzene rings is 9. The predicted molar refractivity (Wildman–Crippen MR) is 323 cm³/mol. The smallest absolute Gasteiger partial charge is 0.316 e. The van der Waals surface area contributed by atoms with E-state index >= 15 is 0 Å². The second kappa shape index (κ2) is 23.1. The van der Waals surface area contributed by atoms with Gasteiger partial charge in [-0.2, -0.15) is 18.3 Å². The van der Waals surface area contributed by atoms with E-state index in [9.17, 15) is 13.2 Å². The molecule has 0 bridgehead atoms. The van der Waals surface area contributed by atoms with Crippen LogP contribution in [-0.4, -0.2) is 28.9 Å². The fraction of sp³-hybridized carbons (Fsp3) is 0.127. The molecule has 7 nitrogen and oxygen atoms in total. The minimum Gasteiger partial charge on any atom is -0.316 e. The van der Waals surface area contributed by atoms with Crippen LogP contribution in [0.4, 0.5) is 18.9 Å². The second-order valence-corrected chi connectivity index (χ2v) is 21.2. The summed E-state index contributed by atoms with van der Waals surface area (Å²) in [5, 5.41) is 13.8. The Balaban J connectivity index is 0.000000173. The number of hydrogen-bond acceptors (Lipinski definition) is 3. The van der Waals surface area contributed by atoms with Gasteiger partial charge in [0.05, 0.1) is 40.0 Å². The summed E-state index contributed by atoms with van der Waals surface area (Å²) < 4.78 is 48.8. The van der Waals surface area contributed by atoms with Crippen molar-refractivity contribution in [3.63, 3.8) is 0 Å². The number of nitrogens with zero attached hydrogens (tertiary/aromatic N) is 7. The zero-order valence-electron chi connectivity index (χ0n) is 45.5. The van der Waals surface area contributed by atoms with Gasteiger partial charge >= 0.3 is 6.18 Å². The maximum Gasteiger partial charge on any atom is 0.417 e. The third-order valence-corrected chi connectivity index (χ3v) is 14.7. The molecule has 9 aromatic carbocycles. The molecule has 0 N–H and O–H groups in total. The van der Waals surface area contributed by atoms with Crippen molar-refractivity contribution >= 4 is 49.3 Å². The first-order chi connectivity index (χ1) is 39.4. The van der Waals surface area contributed by atoms with Crippen LogP contribution in [0, 0.1) is 24.5 Å². The molecule has 1 radical (unpaired) electrons. The van der Waals surface area contributed by atoms with E-state index in [4.69, 9.17) is 11.6 Å². The molecule has 82 heavy (non-hydrogen) atoms. The molecule has 0 saturated heterocycles. The molecular formula is C71H55F3IrN7-. The van der Waals surface area contributed by atoms with Crippen molar-refractivity contribution in [3.8, 4) is 62.1 Å². The summed E-state index contributed by atoms with van der Waals surface area (Å²) in [6.07, 6.45) is 0.638. The van der Waals surface area contributed by atoms with E-state index in [0.29, 0.717) is 29.9 Å². The van der Waals surface area contributed by atoms with Crippen molar-refractivity contribution in [3.05, 3.63) is 259 Å². The van der Waals surface area contributed by atoms with E-state index in [1.54, 1.807) is 16.7 Å². The molecule has 0 aliphatic carbocycles. The molecular weight excluding hydrogens is 1200 g/mol. The molecule has 0 aliphatic rings. The number of aromatic nitrogens is 6. The molecule has 405 valence electrons.